The van der Waals surface area contributed by atoms with E-state index in [1.54, 1.807) is 31.2 Å². The highest BCUT2D eigenvalue weighted by Gasteiger charge is 2.15. The molecule has 1 aromatic carbocycles. The molecule has 0 saturated heterocycles. The van der Waals surface area contributed by atoms with Crippen molar-refractivity contribution >= 4 is 29.8 Å². The molecule has 2 N–H and O–H groups in total. The standard InChI is InChI=1S/C17H19N3O5S/c1-3-14-18-17(20-19-14)26-13(16(22)23)9-11-7-5-6-8-12(11)25-10-15(21)24-4-2/h5-9H,3-4,10H2,1-2H3,(H,22,23)(H,18,19,20)/b13-9-. The van der Waals surface area contributed by atoms with Crippen molar-refractivity contribution in [1.82, 2.24) is 15.2 Å². The van der Waals surface area contributed by atoms with Gasteiger partial charge in [0.1, 0.15) is 16.5 Å². The van der Waals surface area contributed by atoms with Crippen LogP contribution in [0.1, 0.15) is 25.2 Å². The number of esters is 1. The van der Waals surface area contributed by atoms with E-state index >= 15 is 0 Å². The van der Waals surface area contributed by atoms with E-state index in [2.05, 4.69) is 15.2 Å². The average molecular weight is 377 g/mol. The van der Waals surface area contributed by atoms with E-state index in [-0.39, 0.29) is 18.1 Å². The maximum atomic E-state index is 11.6. The first-order chi connectivity index (χ1) is 12.5. The predicted octanol–water partition coefficient (Wildman–Crippen LogP) is 2.53. The molecule has 26 heavy (non-hydrogen) atoms. The molecule has 0 aliphatic heterocycles. The quantitative estimate of drug-likeness (QED) is 0.389. The summed E-state index contributed by atoms with van der Waals surface area (Å²) in [6.45, 7) is 3.63. The number of benzene rings is 1. The van der Waals surface area contributed by atoms with Gasteiger partial charge in [-0.2, -0.15) is 0 Å². The molecule has 1 heterocycles. The zero-order valence-corrected chi connectivity index (χ0v) is 15.2. The SMILES string of the molecule is CCOC(=O)COc1ccccc1/C=C(\Sc1n[nH]c(CC)n1)C(=O)O. The minimum Gasteiger partial charge on any atom is -0.481 e. The molecule has 0 bridgehead atoms. The van der Waals surface area contributed by atoms with Gasteiger partial charge in [-0.3, -0.25) is 5.10 Å². The number of aliphatic carboxylic acids is 1. The third-order valence-electron chi connectivity index (χ3n) is 3.11. The number of carboxylic acid groups (broad SMARTS) is 1. The summed E-state index contributed by atoms with van der Waals surface area (Å²) in [5.41, 5.74) is 0.521. The van der Waals surface area contributed by atoms with E-state index in [1.807, 2.05) is 6.92 Å². The topological polar surface area (TPSA) is 114 Å². The zero-order valence-electron chi connectivity index (χ0n) is 14.4. The number of aromatic nitrogens is 3. The first-order valence-electron chi connectivity index (χ1n) is 7.95. The first-order valence-corrected chi connectivity index (χ1v) is 8.76. The number of carboxylic acids is 1. The van der Waals surface area contributed by atoms with Crippen molar-refractivity contribution in [2.24, 2.45) is 0 Å². The summed E-state index contributed by atoms with van der Waals surface area (Å²) in [6.07, 6.45) is 2.12. The van der Waals surface area contributed by atoms with Crippen molar-refractivity contribution < 1.29 is 24.2 Å². The molecule has 8 nitrogen and oxygen atoms in total. The minimum absolute atomic E-state index is 0.0267. The third-order valence-corrected chi connectivity index (χ3v) is 3.99. The lowest BCUT2D eigenvalue weighted by Crippen LogP contribution is -2.14. The summed E-state index contributed by atoms with van der Waals surface area (Å²) in [7, 11) is 0. The van der Waals surface area contributed by atoms with Crippen molar-refractivity contribution in [1.29, 1.82) is 0 Å². The number of nitrogens with zero attached hydrogens (tertiary/aromatic N) is 2. The van der Waals surface area contributed by atoms with Gasteiger partial charge >= 0.3 is 11.9 Å². The first kappa shape index (κ1) is 19.5. The maximum absolute atomic E-state index is 11.6. The van der Waals surface area contributed by atoms with Crippen LogP contribution in [0.15, 0.2) is 34.3 Å². The Morgan fingerprint density at radius 2 is 2.08 bits per heavy atom. The molecule has 0 aliphatic carbocycles. The Balaban J connectivity index is 2.20. The lowest BCUT2D eigenvalue weighted by molar-refractivity contribution is -0.145. The van der Waals surface area contributed by atoms with Gasteiger partial charge in [-0.25, -0.2) is 14.6 Å². The van der Waals surface area contributed by atoms with Crippen molar-refractivity contribution in [3.8, 4) is 5.75 Å². The second kappa shape index (κ2) is 9.62. The number of thioether (sulfide) groups is 1. The van der Waals surface area contributed by atoms with Crippen LogP contribution in [0.2, 0.25) is 0 Å². The number of H-pyrrole nitrogens is 1. The van der Waals surface area contributed by atoms with E-state index in [4.69, 9.17) is 9.47 Å². The highest BCUT2D eigenvalue weighted by molar-refractivity contribution is 8.04. The van der Waals surface area contributed by atoms with Gasteiger partial charge < -0.3 is 14.6 Å². The second-order valence-electron chi connectivity index (χ2n) is 4.97. The summed E-state index contributed by atoms with van der Waals surface area (Å²) in [5.74, 6) is -0.551. The lowest BCUT2D eigenvalue weighted by Gasteiger charge is -2.09. The van der Waals surface area contributed by atoms with Crippen molar-refractivity contribution in [3.05, 3.63) is 40.6 Å². The van der Waals surface area contributed by atoms with Gasteiger partial charge in [-0.05, 0) is 30.8 Å². The van der Waals surface area contributed by atoms with Crippen LogP contribution in [-0.4, -0.2) is 45.4 Å². The van der Waals surface area contributed by atoms with E-state index in [1.165, 1.54) is 6.08 Å². The number of ether oxygens (including phenoxy) is 2. The Morgan fingerprint density at radius 3 is 2.73 bits per heavy atom. The summed E-state index contributed by atoms with van der Waals surface area (Å²) >= 11 is 0.930. The largest absolute Gasteiger partial charge is 0.481 e. The van der Waals surface area contributed by atoms with E-state index < -0.39 is 11.9 Å². The second-order valence-corrected chi connectivity index (χ2v) is 5.97. The number of nitrogens with one attached hydrogen (secondary N) is 1. The normalized spacial score (nSPS) is 11.2. The summed E-state index contributed by atoms with van der Waals surface area (Å²) in [5, 5.41) is 16.5. The molecule has 0 spiro atoms. The van der Waals surface area contributed by atoms with Crippen LogP contribution in [0.5, 0.6) is 5.75 Å². The fourth-order valence-corrected chi connectivity index (χ4v) is 2.64. The van der Waals surface area contributed by atoms with Crippen LogP contribution in [0.25, 0.3) is 6.08 Å². The monoisotopic (exact) mass is 377 g/mol. The fourth-order valence-electron chi connectivity index (χ4n) is 1.93. The predicted molar refractivity (Wildman–Crippen MR) is 95.8 cm³/mol. The molecule has 0 unspecified atom stereocenters. The summed E-state index contributed by atoms with van der Waals surface area (Å²) in [6, 6.07) is 6.82. The fraction of sp³-hybridized carbons (Fsp3) is 0.294. The molecule has 0 saturated carbocycles. The lowest BCUT2D eigenvalue weighted by atomic mass is 10.2. The average Bonchev–Trinajstić information content (AvgIpc) is 3.08. The molecule has 0 atom stereocenters. The Morgan fingerprint density at radius 1 is 1.31 bits per heavy atom. The van der Waals surface area contributed by atoms with Crippen LogP contribution >= 0.6 is 11.8 Å². The Bertz CT molecular complexity index is 803. The summed E-state index contributed by atoms with van der Waals surface area (Å²) < 4.78 is 10.3. The van der Waals surface area contributed by atoms with Crippen molar-refractivity contribution in [2.45, 2.75) is 25.4 Å². The van der Waals surface area contributed by atoms with Crippen molar-refractivity contribution in [3.63, 3.8) is 0 Å². The number of hydrogen-bond donors (Lipinski definition) is 2. The van der Waals surface area contributed by atoms with Gasteiger partial charge in [0.15, 0.2) is 6.61 Å². The van der Waals surface area contributed by atoms with Gasteiger partial charge in [0.2, 0.25) is 5.16 Å². The molecule has 1 aromatic heterocycles. The van der Waals surface area contributed by atoms with Crippen LogP contribution in [-0.2, 0) is 20.7 Å². The molecule has 2 aromatic rings. The third kappa shape index (κ3) is 5.62. The zero-order chi connectivity index (χ0) is 18.9. The van der Waals surface area contributed by atoms with Gasteiger partial charge in [-0.1, -0.05) is 25.1 Å². The van der Waals surface area contributed by atoms with Gasteiger partial charge in [0.05, 0.1) is 6.61 Å². The molecular weight excluding hydrogens is 358 g/mol. The number of carbonyl (C=O) groups is 2. The number of aryl methyl sites for hydroxylation is 1. The smallest absolute Gasteiger partial charge is 0.344 e. The van der Waals surface area contributed by atoms with Crippen LogP contribution in [0.4, 0.5) is 0 Å². The van der Waals surface area contributed by atoms with Gasteiger partial charge in [0.25, 0.3) is 0 Å². The number of para-hydroxylation sites is 1. The minimum atomic E-state index is -1.11. The molecule has 2 rings (SSSR count). The van der Waals surface area contributed by atoms with Crippen LogP contribution < -0.4 is 4.74 Å². The molecule has 0 amide bonds. The molecule has 0 radical (unpaired) electrons. The molecule has 0 fully saturated rings. The Hall–Kier alpha value is -2.81. The number of aromatic amines is 1. The molecular formula is C17H19N3O5S. The maximum Gasteiger partial charge on any atom is 0.344 e. The number of carbonyl (C=O) groups excluding carboxylic acids is 1. The molecule has 138 valence electrons. The Kier molecular flexibility index (Phi) is 7.22. The molecule has 0 aliphatic rings. The van der Waals surface area contributed by atoms with Gasteiger partial charge in [-0.15, -0.1) is 5.10 Å². The van der Waals surface area contributed by atoms with Gasteiger partial charge in [0, 0.05) is 12.0 Å². The van der Waals surface area contributed by atoms with Crippen LogP contribution in [0.3, 0.4) is 0 Å². The molecule has 9 heteroatoms. The van der Waals surface area contributed by atoms with Crippen molar-refractivity contribution in [2.75, 3.05) is 13.2 Å². The van der Waals surface area contributed by atoms with E-state index in [0.29, 0.717) is 28.7 Å². The number of hydrogen-bond acceptors (Lipinski definition) is 7. The van der Waals surface area contributed by atoms with E-state index in [9.17, 15) is 14.7 Å². The van der Waals surface area contributed by atoms with Crippen LogP contribution in [0, 0.1) is 0 Å². The highest BCUT2D eigenvalue weighted by Crippen LogP contribution is 2.29. The van der Waals surface area contributed by atoms with E-state index in [0.717, 1.165) is 11.8 Å². The highest BCUT2D eigenvalue weighted by atomic mass is 32.2. The Labute approximate surface area is 154 Å². The summed E-state index contributed by atoms with van der Waals surface area (Å²) in [4.78, 5) is 27.2. The number of rotatable bonds is 9.